The zero-order valence-electron chi connectivity index (χ0n) is 12.1. The van der Waals surface area contributed by atoms with Gasteiger partial charge in [-0.25, -0.2) is 0 Å². The fraction of sp³-hybridized carbons (Fsp3) is 0.714. The molecule has 0 bridgehead atoms. The summed E-state index contributed by atoms with van der Waals surface area (Å²) in [4.78, 5) is 12.3. The van der Waals surface area contributed by atoms with Crippen LogP contribution >= 0.6 is 0 Å². The minimum Gasteiger partial charge on any atom is -0.347 e. The van der Waals surface area contributed by atoms with Crippen LogP contribution in [-0.4, -0.2) is 27.8 Å². The van der Waals surface area contributed by atoms with Crippen molar-refractivity contribution in [2.75, 3.05) is 6.54 Å². The van der Waals surface area contributed by atoms with Crippen LogP contribution < -0.4 is 11.1 Å². The predicted octanol–water partition coefficient (Wildman–Crippen LogP) is 1.46. The third-order valence-electron chi connectivity index (χ3n) is 3.96. The van der Waals surface area contributed by atoms with Crippen LogP contribution in [0, 0.1) is 12.8 Å². The number of nitrogens with zero attached hydrogens (tertiary/aromatic N) is 2. The Morgan fingerprint density at radius 3 is 2.84 bits per heavy atom. The van der Waals surface area contributed by atoms with Gasteiger partial charge in [0.2, 0.25) is 0 Å². The number of nitrogens with two attached hydrogens (primary N) is 1. The van der Waals surface area contributed by atoms with Crippen molar-refractivity contribution in [2.45, 2.75) is 52.1 Å². The van der Waals surface area contributed by atoms with E-state index in [4.69, 9.17) is 5.73 Å². The van der Waals surface area contributed by atoms with Gasteiger partial charge in [-0.05, 0) is 52.5 Å². The van der Waals surface area contributed by atoms with Gasteiger partial charge in [0.15, 0.2) is 0 Å². The van der Waals surface area contributed by atoms with Gasteiger partial charge in [0.25, 0.3) is 5.91 Å². The minimum absolute atomic E-state index is 0.0200. The average molecular weight is 264 g/mol. The molecule has 3 N–H and O–H groups in total. The van der Waals surface area contributed by atoms with Crippen LogP contribution in [0.4, 0.5) is 0 Å². The van der Waals surface area contributed by atoms with Crippen molar-refractivity contribution in [3.63, 3.8) is 0 Å². The Balaban J connectivity index is 2.04. The molecule has 1 amide bonds. The molecule has 0 aliphatic heterocycles. The fourth-order valence-electron chi connectivity index (χ4n) is 2.40. The largest absolute Gasteiger partial charge is 0.347 e. The molecule has 5 nitrogen and oxygen atoms in total. The van der Waals surface area contributed by atoms with Gasteiger partial charge < -0.3 is 11.1 Å². The summed E-state index contributed by atoms with van der Waals surface area (Å²) >= 11 is 0. The Labute approximate surface area is 114 Å². The molecular weight excluding hydrogens is 240 g/mol. The number of hydrogen-bond donors (Lipinski definition) is 2. The van der Waals surface area contributed by atoms with Crippen LogP contribution in [-0.2, 0) is 6.54 Å². The van der Waals surface area contributed by atoms with Gasteiger partial charge in [0, 0.05) is 17.8 Å². The second-order valence-electron chi connectivity index (χ2n) is 5.96. The number of amides is 1. The summed E-state index contributed by atoms with van der Waals surface area (Å²) < 4.78 is 1.85. The number of aryl methyl sites for hydroxylation is 1. The highest BCUT2D eigenvalue weighted by molar-refractivity contribution is 5.95. The Morgan fingerprint density at radius 1 is 1.58 bits per heavy atom. The van der Waals surface area contributed by atoms with E-state index in [-0.39, 0.29) is 11.4 Å². The zero-order valence-corrected chi connectivity index (χ0v) is 12.1. The number of aromatic nitrogens is 2. The lowest BCUT2D eigenvalue weighted by Crippen LogP contribution is -2.45. The molecule has 0 aromatic carbocycles. The molecule has 0 saturated heterocycles. The summed E-state index contributed by atoms with van der Waals surface area (Å²) in [6.07, 6.45) is 4.95. The van der Waals surface area contributed by atoms with E-state index in [1.54, 1.807) is 6.20 Å². The van der Waals surface area contributed by atoms with Crippen molar-refractivity contribution in [2.24, 2.45) is 11.7 Å². The molecule has 1 aliphatic carbocycles. The summed E-state index contributed by atoms with van der Waals surface area (Å²) in [6.45, 7) is 7.52. The third kappa shape index (κ3) is 3.15. The van der Waals surface area contributed by atoms with Crippen molar-refractivity contribution in [3.8, 4) is 0 Å². The van der Waals surface area contributed by atoms with Crippen molar-refractivity contribution in [1.82, 2.24) is 15.1 Å². The molecule has 1 aromatic rings. The highest BCUT2D eigenvalue weighted by atomic mass is 16.1. The lowest BCUT2D eigenvalue weighted by molar-refractivity contribution is 0.0902. The van der Waals surface area contributed by atoms with Crippen LogP contribution in [0.15, 0.2) is 6.20 Å². The number of rotatable bonds is 6. The van der Waals surface area contributed by atoms with E-state index in [0.717, 1.165) is 18.7 Å². The molecule has 1 fully saturated rings. The Hall–Kier alpha value is -1.36. The maximum absolute atomic E-state index is 12.3. The van der Waals surface area contributed by atoms with E-state index in [9.17, 15) is 4.79 Å². The molecular formula is C14H24N4O. The number of hydrogen-bond acceptors (Lipinski definition) is 3. The summed E-state index contributed by atoms with van der Waals surface area (Å²) in [5.74, 6) is 0.595. The van der Waals surface area contributed by atoms with Gasteiger partial charge in [0.05, 0.1) is 11.8 Å². The van der Waals surface area contributed by atoms with Gasteiger partial charge in [-0.1, -0.05) is 0 Å². The van der Waals surface area contributed by atoms with E-state index >= 15 is 0 Å². The zero-order chi connectivity index (χ0) is 14.0. The summed E-state index contributed by atoms with van der Waals surface area (Å²) in [6, 6.07) is 0. The third-order valence-corrected chi connectivity index (χ3v) is 3.96. The molecule has 106 valence electrons. The first kappa shape index (κ1) is 14.1. The molecule has 0 spiro atoms. The van der Waals surface area contributed by atoms with E-state index < -0.39 is 0 Å². The molecule has 0 atom stereocenters. The first-order valence-electron chi connectivity index (χ1n) is 7.00. The minimum atomic E-state index is -0.122. The Kier molecular flexibility index (Phi) is 3.94. The average Bonchev–Trinajstić information content (AvgIpc) is 3.12. The first-order chi connectivity index (χ1) is 8.95. The van der Waals surface area contributed by atoms with Crippen molar-refractivity contribution in [1.29, 1.82) is 0 Å². The number of carbonyl (C=O) groups is 1. The first-order valence-corrected chi connectivity index (χ1v) is 7.00. The maximum Gasteiger partial charge on any atom is 0.255 e. The van der Waals surface area contributed by atoms with Crippen molar-refractivity contribution in [3.05, 3.63) is 17.5 Å². The highest BCUT2D eigenvalue weighted by Crippen LogP contribution is 2.39. The second kappa shape index (κ2) is 5.33. The van der Waals surface area contributed by atoms with Crippen LogP contribution in [0.3, 0.4) is 0 Å². The number of nitrogens with one attached hydrogen (secondary N) is 1. The molecule has 1 aliphatic rings. The molecule has 0 radical (unpaired) electrons. The summed E-state index contributed by atoms with van der Waals surface area (Å²) in [5.41, 5.74) is 6.96. The summed E-state index contributed by atoms with van der Waals surface area (Å²) in [5, 5.41) is 7.39. The van der Waals surface area contributed by atoms with E-state index in [2.05, 4.69) is 24.3 Å². The smallest absolute Gasteiger partial charge is 0.255 e. The van der Waals surface area contributed by atoms with Gasteiger partial charge in [0.1, 0.15) is 0 Å². The van der Waals surface area contributed by atoms with Crippen LogP contribution in [0.1, 0.15) is 49.2 Å². The number of carbonyl (C=O) groups excluding carboxylic acids is 1. The monoisotopic (exact) mass is 264 g/mol. The van der Waals surface area contributed by atoms with Crippen LogP contribution in [0.25, 0.3) is 0 Å². The molecule has 1 saturated carbocycles. The molecule has 2 rings (SSSR count). The highest BCUT2D eigenvalue weighted by Gasteiger charge is 2.39. The van der Waals surface area contributed by atoms with Crippen LogP contribution in [0.2, 0.25) is 0 Å². The molecule has 1 aromatic heterocycles. The molecule has 1 heterocycles. The summed E-state index contributed by atoms with van der Waals surface area (Å²) in [7, 11) is 0. The van der Waals surface area contributed by atoms with Gasteiger partial charge in [-0.3, -0.25) is 9.48 Å². The maximum atomic E-state index is 12.3. The molecule has 5 heteroatoms. The van der Waals surface area contributed by atoms with Crippen molar-refractivity contribution >= 4 is 5.91 Å². The van der Waals surface area contributed by atoms with Crippen LogP contribution in [0.5, 0.6) is 0 Å². The normalized spacial score (nSPS) is 15.6. The lowest BCUT2D eigenvalue weighted by Gasteiger charge is -2.26. The Morgan fingerprint density at radius 2 is 2.26 bits per heavy atom. The standard InChI is InChI=1S/C14H24N4O/c1-10-12(9-16-18(10)8-4-7-15)13(19)17-14(2,3)11-5-6-11/h9,11H,4-8,15H2,1-3H3,(H,17,19). The molecule has 0 unspecified atom stereocenters. The van der Waals surface area contributed by atoms with Gasteiger partial charge in [-0.2, -0.15) is 5.10 Å². The predicted molar refractivity (Wildman–Crippen MR) is 74.9 cm³/mol. The van der Waals surface area contributed by atoms with E-state index in [1.165, 1.54) is 12.8 Å². The van der Waals surface area contributed by atoms with E-state index in [0.29, 0.717) is 18.0 Å². The quantitative estimate of drug-likeness (QED) is 0.817. The lowest BCUT2D eigenvalue weighted by atomic mass is 9.98. The fourth-order valence-corrected chi connectivity index (χ4v) is 2.40. The Bertz CT molecular complexity index is 460. The van der Waals surface area contributed by atoms with Gasteiger partial charge >= 0.3 is 0 Å². The SMILES string of the molecule is Cc1c(C(=O)NC(C)(C)C2CC2)cnn1CCCN. The van der Waals surface area contributed by atoms with Gasteiger partial charge in [-0.15, -0.1) is 0 Å². The van der Waals surface area contributed by atoms with E-state index in [1.807, 2.05) is 11.6 Å². The van der Waals surface area contributed by atoms with Crippen molar-refractivity contribution < 1.29 is 4.79 Å². The topological polar surface area (TPSA) is 72.9 Å². The second-order valence-corrected chi connectivity index (χ2v) is 5.96. The molecule has 19 heavy (non-hydrogen) atoms.